The van der Waals surface area contributed by atoms with Crippen LogP contribution in [-0.4, -0.2) is 66.7 Å². The van der Waals surface area contributed by atoms with E-state index in [0.717, 1.165) is 6.08 Å². The van der Waals surface area contributed by atoms with E-state index in [1.807, 2.05) is 0 Å². The first-order valence-corrected chi connectivity index (χ1v) is 9.31. The molecule has 0 aromatic heterocycles. The number of rotatable bonds is 8. The Labute approximate surface area is 158 Å². The summed E-state index contributed by atoms with van der Waals surface area (Å²) in [4.78, 5) is 24.3. The highest BCUT2D eigenvalue weighted by Gasteiger charge is 2.28. The molecule has 1 amide bonds. The third kappa shape index (κ3) is 5.69. The minimum atomic E-state index is -4.13. The molecule has 0 aliphatic heterocycles. The molecule has 0 saturated heterocycles. The van der Waals surface area contributed by atoms with E-state index in [1.165, 1.54) is 65.5 Å². The second-order valence-corrected chi connectivity index (χ2v) is 7.37. The molecule has 0 radical (unpaired) electrons. The second kappa shape index (κ2) is 9.38. The fraction of sp³-hybridized carbons (Fsp3) is 0.412. The molecular formula is C17H24N2O7S. The summed E-state index contributed by atoms with van der Waals surface area (Å²) in [5.41, 5.74) is 0.366. The van der Waals surface area contributed by atoms with E-state index in [4.69, 9.17) is 9.47 Å². The van der Waals surface area contributed by atoms with Crippen molar-refractivity contribution >= 4 is 28.0 Å². The fourth-order valence-electron chi connectivity index (χ4n) is 2.21. The van der Waals surface area contributed by atoms with Crippen LogP contribution in [0.2, 0.25) is 0 Å². The molecule has 1 N–H and O–H groups in total. The van der Waals surface area contributed by atoms with Crippen molar-refractivity contribution in [3.63, 3.8) is 0 Å². The number of hydrogen-bond donors (Lipinski definition) is 1. The Balaban J connectivity index is 3.43. The van der Waals surface area contributed by atoms with E-state index in [1.54, 1.807) is 0 Å². The highest BCUT2D eigenvalue weighted by atomic mass is 32.2. The fourth-order valence-corrected chi connectivity index (χ4v) is 3.62. The van der Waals surface area contributed by atoms with Gasteiger partial charge in [-0.1, -0.05) is 0 Å². The zero-order valence-corrected chi connectivity index (χ0v) is 16.9. The van der Waals surface area contributed by atoms with Gasteiger partial charge in [-0.3, -0.25) is 4.79 Å². The average molecular weight is 400 g/mol. The Morgan fingerprint density at radius 2 is 1.78 bits per heavy atom. The maximum Gasteiger partial charge on any atom is 0.330 e. The molecule has 0 bridgehead atoms. The monoisotopic (exact) mass is 400 g/mol. The predicted molar refractivity (Wildman–Crippen MR) is 99.1 cm³/mol. The lowest BCUT2D eigenvalue weighted by molar-refractivity contribution is -0.134. The van der Waals surface area contributed by atoms with Gasteiger partial charge in [0.1, 0.15) is 4.90 Å². The normalized spacial score (nSPS) is 12.5. The van der Waals surface area contributed by atoms with Crippen molar-refractivity contribution in [3.8, 4) is 11.5 Å². The Morgan fingerprint density at radius 1 is 1.15 bits per heavy atom. The van der Waals surface area contributed by atoms with Gasteiger partial charge >= 0.3 is 5.97 Å². The molecule has 0 fully saturated rings. The first kappa shape index (κ1) is 22.5. The number of sulfonamides is 1. The van der Waals surface area contributed by atoms with Gasteiger partial charge in [-0.15, -0.1) is 0 Å². The minimum absolute atomic E-state index is 0.0234. The average Bonchev–Trinajstić information content (AvgIpc) is 2.63. The van der Waals surface area contributed by atoms with Crippen LogP contribution in [0.5, 0.6) is 11.5 Å². The van der Waals surface area contributed by atoms with Gasteiger partial charge in [0.25, 0.3) is 0 Å². The SMILES string of the molecule is COC(=O)/C=C/c1cc(OC)c(OC)c(S(=O)(=O)NC(C)C(=O)N(C)C)c1. The molecule has 1 rings (SSSR count). The van der Waals surface area contributed by atoms with E-state index in [9.17, 15) is 18.0 Å². The van der Waals surface area contributed by atoms with E-state index in [-0.39, 0.29) is 16.4 Å². The van der Waals surface area contributed by atoms with Crippen molar-refractivity contribution in [3.05, 3.63) is 23.8 Å². The number of likely N-dealkylation sites (N-methyl/N-ethyl adjacent to an activating group) is 1. The van der Waals surface area contributed by atoms with E-state index in [0.29, 0.717) is 5.56 Å². The number of ether oxygens (including phenoxy) is 3. The van der Waals surface area contributed by atoms with Crippen LogP contribution in [0.1, 0.15) is 12.5 Å². The molecule has 1 unspecified atom stereocenters. The Kier molecular flexibility index (Phi) is 7.80. The zero-order valence-electron chi connectivity index (χ0n) is 16.1. The van der Waals surface area contributed by atoms with Crippen LogP contribution < -0.4 is 14.2 Å². The highest BCUT2D eigenvalue weighted by molar-refractivity contribution is 7.89. The van der Waals surface area contributed by atoms with Gasteiger partial charge in [-0.05, 0) is 30.7 Å². The summed E-state index contributed by atoms with van der Waals surface area (Å²) >= 11 is 0. The molecule has 10 heteroatoms. The quantitative estimate of drug-likeness (QED) is 0.504. The Bertz CT molecular complexity index is 832. The van der Waals surface area contributed by atoms with Crippen LogP contribution >= 0.6 is 0 Å². The summed E-state index contributed by atoms with van der Waals surface area (Å²) in [6, 6.07) is 1.82. The molecule has 0 saturated carbocycles. The summed E-state index contributed by atoms with van der Waals surface area (Å²) in [5.74, 6) is -0.884. The van der Waals surface area contributed by atoms with Gasteiger partial charge in [0.15, 0.2) is 11.5 Å². The third-order valence-electron chi connectivity index (χ3n) is 3.51. The van der Waals surface area contributed by atoms with Crippen LogP contribution in [0.3, 0.4) is 0 Å². The molecule has 0 aliphatic rings. The highest BCUT2D eigenvalue weighted by Crippen LogP contribution is 2.36. The second-order valence-electron chi connectivity index (χ2n) is 5.69. The van der Waals surface area contributed by atoms with Crippen molar-refractivity contribution in [1.29, 1.82) is 0 Å². The molecular weight excluding hydrogens is 376 g/mol. The van der Waals surface area contributed by atoms with Crippen molar-refractivity contribution in [1.82, 2.24) is 9.62 Å². The number of nitrogens with one attached hydrogen (secondary N) is 1. The van der Waals surface area contributed by atoms with Crippen LogP contribution in [0.25, 0.3) is 6.08 Å². The maximum atomic E-state index is 12.8. The lowest BCUT2D eigenvalue weighted by Gasteiger charge is -2.20. The largest absolute Gasteiger partial charge is 0.493 e. The van der Waals surface area contributed by atoms with Gasteiger partial charge < -0.3 is 19.1 Å². The number of carbonyl (C=O) groups is 2. The Morgan fingerprint density at radius 3 is 2.26 bits per heavy atom. The smallest absolute Gasteiger partial charge is 0.330 e. The van der Waals surface area contributed by atoms with Crippen LogP contribution in [0.15, 0.2) is 23.1 Å². The van der Waals surface area contributed by atoms with Gasteiger partial charge in [0.05, 0.1) is 27.4 Å². The lowest BCUT2D eigenvalue weighted by atomic mass is 10.2. The molecule has 27 heavy (non-hydrogen) atoms. The molecule has 0 aliphatic carbocycles. The van der Waals surface area contributed by atoms with Gasteiger partial charge in [0.2, 0.25) is 15.9 Å². The summed E-state index contributed by atoms with van der Waals surface area (Å²) < 4.78 is 42.9. The molecule has 1 aromatic carbocycles. The van der Waals surface area contributed by atoms with Gasteiger partial charge in [-0.25, -0.2) is 13.2 Å². The molecule has 0 spiro atoms. The van der Waals surface area contributed by atoms with Gasteiger partial charge in [-0.2, -0.15) is 4.72 Å². The number of esters is 1. The van der Waals surface area contributed by atoms with Crippen molar-refractivity contribution in [2.24, 2.45) is 0 Å². The zero-order chi connectivity index (χ0) is 20.8. The first-order valence-electron chi connectivity index (χ1n) is 7.83. The molecule has 9 nitrogen and oxygen atoms in total. The number of nitrogens with zero attached hydrogens (tertiary/aromatic N) is 1. The number of methoxy groups -OCH3 is 3. The molecule has 0 heterocycles. The van der Waals surface area contributed by atoms with Crippen molar-refractivity contribution in [2.75, 3.05) is 35.4 Å². The van der Waals surface area contributed by atoms with Crippen LogP contribution in [0, 0.1) is 0 Å². The summed E-state index contributed by atoms with van der Waals surface area (Å²) in [6.45, 7) is 1.44. The maximum absolute atomic E-state index is 12.8. The summed E-state index contributed by atoms with van der Waals surface area (Å²) in [7, 11) is 2.80. The Hall–Kier alpha value is -2.59. The van der Waals surface area contributed by atoms with E-state index < -0.39 is 27.9 Å². The van der Waals surface area contributed by atoms with Crippen molar-refractivity contribution in [2.45, 2.75) is 17.9 Å². The lowest BCUT2D eigenvalue weighted by Crippen LogP contribution is -2.44. The summed E-state index contributed by atoms with van der Waals surface area (Å²) in [6.07, 6.45) is 2.52. The standard InChI is InChI=1S/C17H24N2O7S/c1-11(17(21)19(2)3)18-27(22,23)14-10-12(7-8-15(20)25-5)9-13(24-4)16(14)26-6/h7-11,18H,1-6H3/b8-7+. The third-order valence-corrected chi connectivity index (χ3v) is 5.06. The van der Waals surface area contributed by atoms with E-state index >= 15 is 0 Å². The molecule has 150 valence electrons. The first-order chi connectivity index (χ1) is 12.6. The topological polar surface area (TPSA) is 111 Å². The van der Waals surface area contributed by atoms with Crippen molar-refractivity contribution < 1.29 is 32.2 Å². The molecule has 1 aromatic rings. The minimum Gasteiger partial charge on any atom is -0.493 e. The number of benzene rings is 1. The number of carbonyl (C=O) groups excluding carboxylic acids is 2. The predicted octanol–water partition coefficient (Wildman–Crippen LogP) is 0.645. The van der Waals surface area contributed by atoms with Crippen LogP contribution in [-0.2, 0) is 24.3 Å². The van der Waals surface area contributed by atoms with Gasteiger partial charge in [0, 0.05) is 20.2 Å². The van der Waals surface area contributed by atoms with E-state index in [2.05, 4.69) is 9.46 Å². The number of hydrogen-bond acceptors (Lipinski definition) is 7. The summed E-state index contributed by atoms with van der Waals surface area (Å²) in [5, 5.41) is 0. The van der Waals surface area contributed by atoms with Crippen LogP contribution in [0.4, 0.5) is 0 Å². The molecule has 1 atom stereocenters. The number of amides is 1.